The van der Waals surface area contributed by atoms with Crippen LogP contribution in [0.4, 0.5) is 4.39 Å². The largest absolute Gasteiger partial charge is 0.339 e. The lowest BCUT2D eigenvalue weighted by molar-refractivity contribution is 0.0696. The Balaban J connectivity index is 2.19. The zero-order valence-electron chi connectivity index (χ0n) is 10.0. The van der Waals surface area contributed by atoms with Crippen LogP contribution in [-0.4, -0.2) is 23.9 Å². The van der Waals surface area contributed by atoms with Crippen LogP contribution in [0.3, 0.4) is 0 Å². The number of rotatable bonds is 1. The van der Waals surface area contributed by atoms with Crippen molar-refractivity contribution in [3.05, 3.63) is 33.0 Å². The number of likely N-dealkylation sites (tertiary alicyclic amines) is 1. The van der Waals surface area contributed by atoms with Gasteiger partial charge in [0.15, 0.2) is 0 Å². The van der Waals surface area contributed by atoms with E-state index in [9.17, 15) is 9.18 Å². The molecule has 98 valence electrons. The number of carbonyl (C=O) groups excluding carboxylic acids is 1. The molecule has 2 nitrogen and oxygen atoms in total. The first-order valence-electron chi connectivity index (χ1n) is 5.93. The topological polar surface area (TPSA) is 20.3 Å². The highest BCUT2D eigenvalue weighted by Crippen LogP contribution is 2.28. The number of hydrogen-bond acceptors (Lipinski definition) is 1. The third-order valence-corrected chi connectivity index (χ3v) is 4.54. The van der Waals surface area contributed by atoms with E-state index in [2.05, 4.69) is 22.9 Å². The predicted octanol–water partition coefficient (Wildman–Crippen LogP) is 4.11. The van der Waals surface area contributed by atoms with Crippen LogP contribution in [-0.2, 0) is 0 Å². The van der Waals surface area contributed by atoms with E-state index in [1.54, 1.807) is 11.0 Å². The van der Waals surface area contributed by atoms with E-state index in [1.807, 2.05) is 0 Å². The van der Waals surface area contributed by atoms with Gasteiger partial charge in [-0.05, 0) is 46.8 Å². The van der Waals surface area contributed by atoms with E-state index >= 15 is 0 Å². The quantitative estimate of drug-likeness (QED) is 0.708. The van der Waals surface area contributed by atoms with Gasteiger partial charge in [0, 0.05) is 23.1 Å². The van der Waals surface area contributed by atoms with Gasteiger partial charge in [-0.3, -0.25) is 4.79 Å². The Hall–Kier alpha value is -0.610. The average Bonchev–Trinajstić information content (AvgIpc) is 2.35. The van der Waals surface area contributed by atoms with Crippen LogP contribution in [0, 0.1) is 11.7 Å². The summed E-state index contributed by atoms with van der Waals surface area (Å²) in [5.41, 5.74) is 0.346. The van der Waals surface area contributed by atoms with Gasteiger partial charge in [0.2, 0.25) is 0 Å². The first-order chi connectivity index (χ1) is 8.49. The molecular weight excluding hydrogens is 321 g/mol. The molecule has 0 unspecified atom stereocenters. The molecule has 0 aliphatic carbocycles. The Morgan fingerprint density at radius 3 is 2.61 bits per heavy atom. The minimum atomic E-state index is -0.570. The molecule has 0 spiro atoms. The van der Waals surface area contributed by atoms with Gasteiger partial charge in [-0.2, -0.15) is 0 Å². The summed E-state index contributed by atoms with van der Waals surface area (Å²) in [5.74, 6) is -0.0410. The Labute approximate surface area is 119 Å². The van der Waals surface area contributed by atoms with Gasteiger partial charge >= 0.3 is 0 Å². The maximum atomic E-state index is 13.5. The van der Waals surface area contributed by atoms with E-state index < -0.39 is 5.82 Å². The molecule has 0 radical (unpaired) electrons. The van der Waals surface area contributed by atoms with Crippen LogP contribution in [0.5, 0.6) is 0 Å². The highest BCUT2D eigenvalue weighted by molar-refractivity contribution is 9.10. The lowest BCUT2D eigenvalue weighted by Gasteiger charge is -2.30. The van der Waals surface area contributed by atoms with Crippen molar-refractivity contribution in [2.45, 2.75) is 19.8 Å². The number of nitrogens with zero attached hydrogens (tertiary/aromatic N) is 1. The van der Waals surface area contributed by atoms with E-state index in [0.717, 1.165) is 25.9 Å². The fraction of sp³-hybridized carbons (Fsp3) is 0.462. The number of halogens is 3. The van der Waals surface area contributed by atoms with E-state index in [0.29, 0.717) is 16.0 Å². The summed E-state index contributed by atoms with van der Waals surface area (Å²) < 4.78 is 13.9. The van der Waals surface area contributed by atoms with E-state index in [4.69, 9.17) is 11.6 Å². The highest BCUT2D eigenvalue weighted by Gasteiger charge is 2.22. The van der Waals surface area contributed by atoms with Crippen molar-refractivity contribution in [1.82, 2.24) is 4.90 Å². The van der Waals surface area contributed by atoms with Gasteiger partial charge in [0.1, 0.15) is 5.82 Å². The summed E-state index contributed by atoms with van der Waals surface area (Å²) in [6, 6.07) is 2.78. The third-order valence-electron chi connectivity index (χ3n) is 3.30. The maximum Gasteiger partial charge on any atom is 0.253 e. The van der Waals surface area contributed by atoms with Gasteiger partial charge in [-0.15, -0.1) is 0 Å². The van der Waals surface area contributed by atoms with Crippen molar-refractivity contribution in [3.8, 4) is 0 Å². The smallest absolute Gasteiger partial charge is 0.253 e. The summed E-state index contributed by atoms with van der Waals surface area (Å²) in [6.07, 6.45) is 2.01. The summed E-state index contributed by atoms with van der Waals surface area (Å²) in [6.45, 7) is 3.66. The zero-order chi connectivity index (χ0) is 13.3. The molecule has 1 aromatic rings. The molecule has 0 atom stereocenters. The van der Waals surface area contributed by atoms with E-state index in [1.165, 1.54) is 6.07 Å². The lowest BCUT2D eigenvalue weighted by atomic mass is 9.98. The van der Waals surface area contributed by atoms with Crippen molar-refractivity contribution in [1.29, 1.82) is 0 Å². The molecule has 5 heteroatoms. The lowest BCUT2D eigenvalue weighted by Crippen LogP contribution is -2.37. The molecule has 1 amide bonds. The van der Waals surface area contributed by atoms with E-state index in [-0.39, 0.29) is 10.9 Å². The first-order valence-corrected chi connectivity index (χ1v) is 7.10. The van der Waals surface area contributed by atoms with Crippen LogP contribution >= 0.6 is 27.5 Å². The Morgan fingerprint density at radius 1 is 1.44 bits per heavy atom. The average molecular weight is 335 g/mol. The number of carbonyl (C=O) groups is 1. The molecule has 1 aromatic carbocycles. The van der Waals surface area contributed by atoms with Gasteiger partial charge in [0.25, 0.3) is 5.91 Å². The van der Waals surface area contributed by atoms with Crippen LogP contribution in [0.1, 0.15) is 30.1 Å². The normalized spacial score (nSPS) is 17.0. The molecule has 1 fully saturated rings. The van der Waals surface area contributed by atoms with Gasteiger partial charge in [-0.25, -0.2) is 4.39 Å². The Kier molecular flexibility index (Phi) is 4.28. The van der Waals surface area contributed by atoms with Crippen molar-refractivity contribution in [3.63, 3.8) is 0 Å². The summed E-state index contributed by atoms with van der Waals surface area (Å²) in [5, 5.41) is 0.0128. The third kappa shape index (κ3) is 2.86. The standard InChI is InChI=1S/C13H14BrClFNO/c1-8-2-4-17(5-3-8)13(18)9-6-10(14)12(15)11(16)7-9/h6-8H,2-5H2,1H3. The maximum absolute atomic E-state index is 13.5. The van der Waals surface area contributed by atoms with Crippen molar-refractivity contribution >= 4 is 33.4 Å². The minimum absolute atomic E-state index is 0.0128. The van der Waals surface area contributed by atoms with Gasteiger partial charge < -0.3 is 4.90 Å². The number of piperidine rings is 1. The fourth-order valence-corrected chi connectivity index (χ4v) is 2.62. The second kappa shape index (κ2) is 5.57. The Morgan fingerprint density at radius 2 is 2.06 bits per heavy atom. The van der Waals surface area contributed by atoms with Crippen LogP contribution < -0.4 is 0 Å². The Bertz CT molecular complexity index is 449. The number of benzene rings is 1. The van der Waals surface area contributed by atoms with Crippen molar-refractivity contribution in [2.24, 2.45) is 5.92 Å². The fourth-order valence-electron chi connectivity index (χ4n) is 2.07. The number of amides is 1. The molecule has 0 aromatic heterocycles. The molecular formula is C13H14BrClFNO. The number of hydrogen-bond donors (Lipinski definition) is 0. The molecule has 0 bridgehead atoms. The summed E-state index contributed by atoms with van der Waals surface area (Å²) >= 11 is 8.87. The highest BCUT2D eigenvalue weighted by atomic mass is 79.9. The zero-order valence-corrected chi connectivity index (χ0v) is 12.4. The summed E-state index contributed by atoms with van der Waals surface area (Å²) in [4.78, 5) is 14.0. The van der Waals surface area contributed by atoms with Crippen LogP contribution in [0.25, 0.3) is 0 Å². The molecule has 1 aliphatic rings. The van der Waals surface area contributed by atoms with Crippen LogP contribution in [0.15, 0.2) is 16.6 Å². The molecule has 0 N–H and O–H groups in total. The monoisotopic (exact) mass is 333 g/mol. The first kappa shape index (κ1) is 13.8. The summed E-state index contributed by atoms with van der Waals surface area (Å²) in [7, 11) is 0. The SMILES string of the molecule is CC1CCN(C(=O)c2cc(F)c(Cl)c(Br)c2)CC1. The van der Waals surface area contributed by atoms with Crippen molar-refractivity contribution < 1.29 is 9.18 Å². The molecule has 1 heterocycles. The molecule has 1 aliphatic heterocycles. The van der Waals surface area contributed by atoms with Gasteiger partial charge in [-0.1, -0.05) is 18.5 Å². The van der Waals surface area contributed by atoms with Crippen molar-refractivity contribution in [2.75, 3.05) is 13.1 Å². The predicted molar refractivity (Wildman–Crippen MR) is 73.4 cm³/mol. The second-order valence-corrected chi connectivity index (χ2v) is 5.96. The minimum Gasteiger partial charge on any atom is -0.339 e. The molecule has 0 saturated carbocycles. The second-order valence-electron chi connectivity index (χ2n) is 4.73. The molecule has 1 saturated heterocycles. The van der Waals surface area contributed by atoms with Crippen LogP contribution in [0.2, 0.25) is 5.02 Å². The molecule has 18 heavy (non-hydrogen) atoms. The van der Waals surface area contributed by atoms with Gasteiger partial charge in [0.05, 0.1) is 5.02 Å². The molecule has 2 rings (SSSR count).